The van der Waals surface area contributed by atoms with Crippen LogP contribution in [0.25, 0.3) is 0 Å². The Morgan fingerprint density at radius 1 is 1.35 bits per heavy atom. The Morgan fingerprint density at radius 3 is 2.80 bits per heavy atom. The number of rotatable bonds is 7. The van der Waals surface area contributed by atoms with Crippen molar-refractivity contribution in [2.45, 2.75) is 19.8 Å². The molecular weight excluding hydrogens is 256 g/mol. The molecule has 5 nitrogen and oxygen atoms in total. The average molecular weight is 274 g/mol. The van der Waals surface area contributed by atoms with Gasteiger partial charge in [-0.1, -0.05) is 12.1 Å². The van der Waals surface area contributed by atoms with E-state index in [4.69, 9.17) is 9.15 Å². The molecule has 0 unspecified atom stereocenters. The molecule has 0 atom stereocenters. The Bertz CT molecular complexity index is 521. The van der Waals surface area contributed by atoms with Gasteiger partial charge in [-0.25, -0.2) is 4.98 Å². The Morgan fingerprint density at radius 2 is 2.15 bits per heavy atom. The van der Waals surface area contributed by atoms with Crippen molar-refractivity contribution in [3.05, 3.63) is 48.2 Å². The number of oxazole rings is 1. The molecule has 20 heavy (non-hydrogen) atoms. The molecule has 0 spiro atoms. The average Bonchev–Trinajstić information content (AvgIpc) is 2.94. The summed E-state index contributed by atoms with van der Waals surface area (Å²) in [5.74, 6) is 0.820. The van der Waals surface area contributed by atoms with E-state index in [9.17, 15) is 4.79 Å². The molecule has 0 radical (unpaired) electrons. The van der Waals surface area contributed by atoms with Gasteiger partial charge in [-0.2, -0.15) is 0 Å². The lowest BCUT2D eigenvalue weighted by Crippen LogP contribution is -2.27. The first-order valence-electron chi connectivity index (χ1n) is 6.63. The van der Waals surface area contributed by atoms with Crippen LogP contribution in [0.15, 0.2) is 41.3 Å². The summed E-state index contributed by atoms with van der Waals surface area (Å²) in [4.78, 5) is 15.8. The Labute approximate surface area is 118 Å². The van der Waals surface area contributed by atoms with E-state index in [1.165, 1.54) is 6.39 Å². The van der Waals surface area contributed by atoms with Crippen LogP contribution in [0.2, 0.25) is 0 Å². The molecule has 0 saturated carbocycles. The van der Waals surface area contributed by atoms with Crippen molar-refractivity contribution < 1.29 is 13.9 Å². The first-order valence-corrected chi connectivity index (χ1v) is 6.63. The molecule has 2 aromatic rings. The van der Waals surface area contributed by atoms with Gasteiger partial charge in [0, 0.05) is 13.0 Å². The fourth-order valence-electron chi connectivity index (χ4n) is 1.81. The van der Waals surface area contributed by atoms with Gasteiger partial charge in [-0.15, -0.1) is 0 Å². The van der Waals surface area contributed by atoms with E-state index in [1.807, 2.05) is 31.2 Å². The molecule has 0 aliphatic carbocycles. The summed E-state index contributed by atoms with van der Waals surface area (Å²) in [6, 6.07) is 7.56. The standard InChI is InChI=1S/C15H18N2O3/c1-2-20-14-5-3-12(4-6-14)9-15(18)16-8-7-13-10-19-11-17-13/h3-6,10-11H,2,7-9H2,1H3,(H,16,18). The summed E-state index contributed by atoms with van der Waals surface area (Å²) in [5.41, 5.74) is 1.80. The predicted molar refractivity (Wildman–Crippen MR) is 74.5 cm³/mol. The molecule has 1 heterocycles. The summed E-state index contributed by atoms with van der Waals surface area (Å²) in [6.45, 7) is 3.14. The summed E-state index contributed by atoms with van der Waals surface area (Å²) < 4.78 is 10.2. The minimum absolute atomic E-state index is 0.00217. The van der Waals surface area contributed by atoms with E-state index in [0.29, 0.717) is 26.0 Å². The molecule has 106 valence electrons. The van der Waals surface area contributed by atoms with Crippen LogP contribution in [-0.4, -0.2) is 24.0 Å². The monoisotopic (exact) mass is 274 g/mol. The highest BCUT2D eigenvalue weighted by Gasteiger charge is 2.04. The van der Waals surface area contributed by atoms with E-state index >= 15 is 0 Å². The molecule has 0 fully saturated rings. The van der Waals surface area contributed by atoms with Gasteiger partial charge in [0.15, 0.2) is 6.39 Å². The predicted octanol–water partition coefficient (Wildman–Crippen LogP) is 1.97. The van der Waals surface area contributed by atoms with Crippen molar-refractivity contribution in [1.29, 1.82) is 0 Å². The fourth-order valence-corrected chi connectivity index (χ4v) is 1.81. The minimum Gasteiger partial charge on any atom is -0.494 e. The van der Waals surface area contributed by atoms with E-state index < -0.39 is 0 Å². The van der Waals surface area contributed by atoms with E-state index in [1.54, 1.807) is 6.26 Å². The van der Waals surface area contributed by atoms with Crippen molar-refractivity contribution in [2.75, 3.05) is 13.2 Å². The van der Waals surface area contributed by atoms with E-state index in [2.05, 4.69) is 10.3 Å². The quantitative estimate of drug-likeness (QED) is 0.838. The summed E-state index contributed by atoms with van der Waals surface area (Å²) in [7, 11) is 0. The van der Waals surface area contributed by atoms with Crippen molar-refractivity contribution >= 4 is 5.91 Å². The first-order chi connectivity index (χ1) is 9.78. The summed E-state index contributed by atoms with van der Waals surface area (Å²) >= 11 is 0. The number of nitrogens with zero attached hydrogens (tertiary/aromatic N) is 1. The number of amides is 1. The van der Waals surface area contributed by atoms with Crippen LogP contribution >= 0.6 is 0 Å². The molecule has 5 heteroatoms. The second-order valence-electron chi connectivity index (χ2n) is 4.33. The van der Waals surface area contributed by atoms with Gasteiger partial charge < -0.3 is 14.5 Å². The van der Waals surface area contributed by atoms with Gasteiger partial charge in [-0.3, -0.25) is 4.79 Å². The summed E-state index contributed by atoms with van der Waals surface area (Å²) in [6.07, 6.45) is 4.01. The molecule has 1 amide bonds. The Balaban J connectivity index is 1.73. The molecule has 1 aromatic carbocycles. The van der Waals surface area contributed by atoms with Crippen molar-refractivity contribution in [3.8, 4) is 5.75 Å². The number of benzene rings is 1. The SMILES string of the molecule is CCOc1ccc(CC(=O)NCCc2cocn2)cc1. The largest absolute Gasteiger partial charge is 0.494 e. The first kappa shape index (κ1) is 14.1. The zero-order valence-electron chi connectivity index (χ0n) is 11.5. The second-order valence-corrected chi connectivity index (χ2v) is 4.33. The molecule has 0 bridgehead atoms. The zero-order chi connectivity index (χ0) is 14.2. The maximum absolute atomic E-state index is 11.8. The van der Waals surface area contributed by atoms with E-state index in [-0.39, 0.29) is 5.91 Å². The lowest BCUT2D eigenvalue weighted by molar-refractivity contribution is -0.120. The van der Waals surface area contributed by atoms with Crippen LogP contribution in [0, 0.1) is 0 Å². The number of nitrogens with one attached hydrogen (secondary N) is 1. The third-order valence-electron chi connectivity index (χ3n) is 2.79. The smallest absolute Gasteiger partial charge is 0.224 e. The number of carbonyl (C=O) groups excluding carboxylic acids is 1. The lowest BCUT2D eigenvalue weighted by Gasteiger charge is -2.06. The third-order valence-corrected chi connectivity index (χ3v) is 2.79. The number of hydrogen-bond acceptors (Lipinski definition) is 4. The Hall–Kier alpha value is -2.30. The second kappa shape index (κ2) is 7.33. The molecule has 1 aromatic heterocycles. The minimum atomic E-state index is -0.00217. The van der Waals surface area contributed by atoms with Crippen LogP contribution in [-0.2, 0) is 17.6 Å². The van der Waals surface area contributed by atoms with Crippen LogP contribution < -0.4 is 10.1 Å². The van der Waals surface area contributed by atoms with Gasteiger partial charge in [0.25, 0.3) is 0 Å². The van der Waals surface area contributed by atoms with Crippen molar-refractivity contribution in [1.82, 2.24) is 10.3 Å². The highest BCUT2D eigenvalue weighted by molar-refractivity contribution is 5.78. The van der Waals surface area contributed by atoms with Gasteiger partial charge in [-0.05, 0) is 24.6 Å². The van der Waals surface area contributed by atoms with Crippen LogP contribution in [0.3, 0.4) is 0 Å². The van der Waals surface area contributed by atoms with Crippen molar-refractivity contribution in [2.24, 2.45) is 0 Å². The van der Waals surface area contributed by atoms with Gasteiger partial charge in [0.05, 0.1) is 18.7 Å². The lowest BCUT2D eigenvalue weighted by atomic mass is 10.1. The Kier molecular flexibility index (Phi) is 5.17. The third kappa shape index (κ3) is 4.42. The van der Waals surface area contributed by atoms with Gasteiger partial charge in [0.1, 0.15) is 12.0 Å². The summed E-state index contributed by atoms with van der Waals surface area (Å²) in [5, 5.41) is 2.86. The molecule has 2 rings (SSSR count). The number of carbonyl (C=O) groups is 1. The highest BCUT2D eigenvalue weighted by Crippen LogP contribution is 2.12. The fraction of sp³-hybridized carbons (Fsp3) is 0.333. The maximum Gasteiger partial charge on any atom is 0.224 e. The van der Waals surface area contributed by atoms with Crippen LogP contribution in [0.5, 0.6) is 5.75 Å². The number of aromatic nitrogens is 1. The van der Waals surface area contributed by atoms with E-state index in [0.717, 1.165) is 17.0 Å². The topological polar surface area (TPSA) is 64.4 Å². The number of hydrogen-bond donors (Lipinski definition) is 1. The normalized spacial score (nSPS) is 10.2. The van der Waals surface area contributed by atoms with Gasteiger partial charge >= 0.3 is 0 Å². The molecule has 0 saturated heterocycles. The number of ether oxygens (including phenoxy) is 1. The van der Waals surface area contributed by atoms with Crippen LogP contribution in [0.1, 0.15) is 18.2 Å². The zero-order valence-corrected chi connectivity index (χ0v) is 11.5. The molecule has 0 aliphatic rings. The molecule has 0 aliphatic heterocycles. The van der Waals surface area contributed by atoms with Crippen molar-refractivity contribution in [3.63, 3.8) is 0 Å². The highest BCUT2D eigenvalue weighted by atomic mass is 16.5. The maximum atomic E-state index is 11.8. The van der Waals surface area contributed by atoms with Gasteiger partial charge in [0.2, 0.25) is 5.91 Å². The molecular formula is C15H18N2O3. The molecule has 1 N–H and O–H groups in total. The van der Waals surface area contributed by atoms with Crippen LogP contribution in [0.4, 0.5) is 0 Å².